The van der Waals surface area contributed by atoms with E-state index in [4.69, 9.17) is 0 Å². The molecule has 3 heteroatoms. The van der Waals surface area contributed by atoms with Crippen molar-refractivity contribution in [2.45, 2.75) is 85.1 Å². The molecule has 2 spiro atoms. The van der Waals surface area contributed by atoms with Gasteiger partial charge in [0.1, 0.15) is 0 Å². The maximum absolute atomic E-state index is 12.4. The first-order valence-corrected chi connectivity index (χ1v) is 11.7. The Morgan fingerprint density at radius 2 is 1.79 bits per heavy atom. The van der Waals surface area contributed by atoms with Gasteiger partial charge in [-0.25, -0.2) is 0 Å². The third kappa shape index (κ3) is 2.05. The Labute approximate surface area is 176 Å². The third-order valence-corrected chi connectivity index (χ3v) is 11.1. The highest BCUT2D eigenvalue weighted by Crippen LogP contribution is 2.87. The molecular formula is C26H37NO2. The van der Waals surface area contributed by atoms with Gasteiger partial charge in [-0.3, -0.25) is 9.59 Å². The first-order chi connectivity index (χ1) is 13.5. The van der Waals surface area contributed by atoms with E-state index in [1.165, 1.54) is 37.7 Å². The van der Waals surface area contributed by atoms with Crippen molar-refractivity contribution >= 4 is 11.7 Å². The van der Waals surface area contributed by atoms with E-state index < -0.39 is 0 Å². The number of allylic oxidation sites excluding steroid dienone is 2. The minimum Gasteiger partial charge on any atom is -0.339 e. The molecule has 158 valence electrons. The third-order valence-electron chi connectivity index (χ3n) is 11.1. The first kappa shape index (κ1) is 19.6. The van der Waals surface area contributed by atoms with E-state index in [1.54, 1.807) is 13.8 Å². The van der Waals surface area contributed by atoms with Crippen molar-refractivity contribution in [3.63, 3.8) is 0 Å². The maximum atomic E-state index is 12.4. The van der Waals surface area contributed by atoms with Gasteiger partial charge in [0, 0.05) is 19.4 Å². The molecule has 3 nitrogen and oxygen atoms in total. The lowest BCUT2D eigenvalue weighted by Gasteiger charge is -2.61. The highest BCUT2D eigenvalue weighted by molar-refractivity contribution is 5.95. The summed E-state index contributed by atoms with van der Waals surface area (Å²) < 4.78 is 0. The number of fused-ring (bicyclic) bond motifs is 2. The summed E-state index contributed by atoms with van der Waals surface area (Å²) >= 11 is 0. The molecule has 0 aromatic heterocycles. The summed E-state index contributed by atoms with van der Waals surface area (Å²) in [6, 6.07) is 0.222. The molecule has 5 rings (SSSR count). The number of nitrogens with zero attached hydrogens (tertiary/aromatic N) is 1. The lowest BCUT2D eigenvalue weighted by Crippen LogP contribution is -2.55. The molecule has 4 fully saturated rings. The average Bonchev–Trinajstić information content (AvgIpc) is 3.23. The summed E-state index contributed by atoms with van der Waals surface area (Å²) in [7, 11) is 1.95. The van der Waals surface area contributed by atoms with Crippen molar-refractivity contribution in [1.29, 1.82) is 0 Å². The van der Waals surface area contributed by atoms with Crippen molar-refractivity contribution in [1.82, 2.24) is 4.90 Å². The SMILES string of the molecule is C=C1[C@@H](N(C)C(C)=O)CC[C@]23C[C@]24CC[C@]2(C)C(C(C)=O)=CC[C@@]2(C)[C@@H]4CC[C@@H]13. The van der Waals surface area contributed by atoms with Crippen LogP contribution in [0.15, 0.2) is 23.8 Å². The second kappa shape index (κ2) is 5.65. The summed E-state index contributed by atoms with van der Waals surface area (Å²) in [5.41, 5.74) is 3.58. The molecule has 1 amide bonds. The molecule has 0 radical (unpaired) electrons. The largest absolute Gasteiger partial charge is 0.339 e. The number of hydrogen-bond donors (Lipinski definition) is 0. The predicted octanol–water partition coefficient (Wildman–Crippen LogP) is 5.31. The fourth-order valence-corrected chi connectivity index (χ4v) is 9.34. The second-order valence-corrected chi connectivity index (χ2v) is 11.6. The topological polar surface area (TPSA) is 37.4 Å². The van der Waals surface area contributed by atoms with Crippen LogP contribution < -0.4 is 0 Å². The van der Waals surface area contributed by atoms with E-state index in [1.807, 2.05) is 11.9 Å². The first-order valence-electron chi connectivity index (χ1n) is 11.7. The quantitative estimate of drug-likeness (QED) is 0.594. The van der Waals surface area contributed by atoms with Crippen molar-refractivity contribution < 1.29 is 9.59 Å². The van der Waals surface area contributed by atoms with Gasteiger partial charge in [0.15, 0.2) is 5.78 Å². The smallest absolute Gasteiger partial charge is 0.219 e. The molecule has 7 atom stereocenters. The van der Waals surface area contributed by atoms with Crippen LogP contribution in [0.2, 0.25) is 0 Å². The highest BCUT2D eigenvalue weighted by atomic mass is 16.2. The zero-order valence-electron chi connectivity index (χ0n) is 18.9. The zero-order chi connectivity index (χ0) is 21.0. The van der Waals surface area contributed by atoms with Crippen LogP contribution in [0.1, 0.15) is 79.1 Å². The molecule has 5 aliphatic rings. The number of amides is 1. The zero-order valence-corrected chi connectivity index (χ0v) is 18.9. The van der Waals surface area contributed by atoms with E-state index in [0.717, 1.165) is 24.8 Å². The fraction of sp³-hybridized carbons (Fsp3) is 0.769. The summed E-state index contributed by atoms with van der Waals surface area (Å²) in [6.45, 7) is 12.9. The van der Waals surface area contributed by atoms with Crippen LogP contribution in [0.25, 0.3) is 0 Å². The Morgan fingerprint density at radius 1 is 1.07 bits per heavy atom. The van der Waals surface area contributed by atoms with Crippen molar-refractivity contribution in [3.05, 3.63) is 23.8 Å². The predicted molar refractivity (Wildman–Crippen MR) is 115 cm³/mol. The molecule has 29 heavy (non-hydrogen) atoms. The van der Waals surface area contributed by atoms with Crippen LogP contribution in [-0.4, -0.2) is 29.7 Å². The van der Waals surface area contributed by atoms with Crippen molar-refractivity contribution in [2.24, 2.45) is 33.5 Å². The number of carbonyl (C=O) groups excluding carboxylic acids is 2. The Balaban J connectivity index is 1.47. The second-order valence-electron chi connectivity index (χ2n) is 11.6. The minimum absolute atomic E-state index is 0.0500. The van der Waals surface area contributed by atoms with Crippen LogP contribution in [0, 0.1) is 33.5 Å². The number of likely N-dealkylation sites (N-methyl/N-ethyl adjacent to an activating group) is 1. The van der Waals surface area contributed by atoms with E-state index in [-0.39, 0.29) is 28.6 Å². The Kier molecular flexibility index (Phi) is 3.81. The minimum atomic E-state index is 0.0500. The normalized spacial score (nSPS) is 49.9. The number of carbonyl (C=O) groups is 2. The van der Waals surface area contributed by atoms with Gasteiger partial charge < -0.3 is 4.90 Å². The summed E-state index contributed by atoms with van der Waals surface area (Å²) in [6.07, 6.45) is 11.9. The summed E-state index contributed by atoms with van der Waals surface area (Å²) in [4.78, 5) is 26.3. The van der Waals surface area contributed by atoms with Gasteiger partial charge in [-0.05, 0) is 91.9 Å². The summed E-state index contributed by atoms with van der Waals surface area (Å²) in [5, 5.41) is 0. The lowest BCUT2D eigenvalue weighted by atomic mass is 9.43. The molecule has 4 saturated carbocycles. The molecule has 0 heterocycles. The van der Waals surface area contributed by atoms with E-state index >= 15 is 0 Å². The molecular weight excluding hydrogens is 358 g/mol. The van der Waals surface area contributed by atoms with Crippen LogP contribution in [-0.2, 0) is 9.59 Å². The van der Waals surface area contributed by atoms with Gasteiger partial charge in [0.25, 0.3) is 0 Å². The number of rotatable bonds is 2. The highest BCUT2D eigenvalue weighted by Gasteiger charge is 2.80. The number of ketones is 1. The van der Waals surface area contributed by atoms with Crippen molar-refractivity contribution in [3.8, 4) is 0 Å². The molecule has 0 saturated heterocycles. The monoisotopic (exact) mass is 395 g/mol. The van der Waals surface area contributed by atoms with Gasteiger partial charge in [-0.1, -0.05) is 32.1 Å². The van der Waals surface area contributed by atoms with E-state index in [0.29, 0.717) is 22.7 Å². The van der Waals surface area contributed by atoms with Crippen molar-refractivity contribution in [2.75, 3.05) is 7.05 Å². The standard InChI is InChI=1S/C26H37NO2/c1-16-19-7-8-22-24(5)11-9-20(17(2)28)23(24,4)13-14-26(22)15-25(19,26)12-10-21(16)27(6)18(3)29/h9,19,21-22H,1,7-8,10-15H2,2-6H3/t19-,21-,22-,23+,24-,25+,26-/m0/s1. The van der Waals surface area contributed by atoms with Gasteiger partial charge >= 0.3 is 0 Å². The van der Waals surface area contributed by atoms with E-state index in [9.17, 15) is 9.59 Å². The molecule has 0 aliphatic heterocycles. The van der Waals surface area contributed by atoms with Gasteiger partial charge in [-0.2, -0.15) is 0 Å². The average molecular weight is 396 g/mol. The molecule has 0 aromatic carbocycles. The molecule has 0 unspecified atom stereocenters. The van der Waals surface area contributed by atoms with Crippen LogP contribution in [0.4, 0.5) is 0 Å². The maximum Gasteiger partial charge on any atom is 0.219 e. The number of Topliss-reactive ketones (excluding diaryl/α,β-unsaturated/α-hetero) is 1. The van der Waals surface area contributed by atoms with Crippen LogP contribution in [0.3, 0.4) is 0 Å². The van der Waals surface area contributed by atoms with Gasteiger partial charge in [0.05, 0.1) is 6.04 Å². The fourth-order valence-electron chi connectivity index (χ4n) is 9.34. The van der Waals surface area contributed by atoms with Crippen LogP contribution in [0.5, 0.6) is 0 Å². The Morgan fingerprint density at radius 3 is 2.45 bits per heavy atom. The molecule has 5 aliphatic carbocycles. The lowest BCUT2D eigenvalue weighted by molar-refractivity contribution is -0.131. The Bertz CT molecular complexity index is 857. The van der Waals surface area contributed by atoms with Gasteiger partial charge in [0.2, 0.25) is 5.91 Å². The van der Waals surface area contributed by atoms with E-state index in [2.05, 4.69) is 26.5 Å². The molecule has 0 bridgehead atoms. The van der Waals surface area contributed by atoms with Crippen LogP contribution >= 0.6 is 0 Å². The number of hydrogen-bond acceptors (Lipinski definition) is 2. The Hall–Kier alpha value is -1.38. The summed E-state index contributed by atoms with van der Waals surface area (Å²) in [5.74, 6) is 1.73. The molecule has 0 N–H and O–H groups in total. The molecule has 0 aromatic rings. The van der Waals surface area contributed by atoms with Gasteiger partial charge in [-0.15, -0.1) is 0 Å².